The molecule has 0 aliphatic heterocycles. The van der Waals surface area contributed by atoms with Gasteiger partial charge in [0.25, 0.3) is 0 Å². The highest BCUT2D eigenvalue weighted by Gasteiger charge is 2.37. The van der Waals surface area contributed by atoms with Crippen LogP contribution in [0.5, 0.6) is 0 Å². The number of hydrogen-bond acceptors (Lipinski definition) is 0. The molecular formula is C112H66. The molecule has 0 fully saturated rings. The largest absolute Gasteiger partial charge is 0.0622 e. The lowest BCUT2D eigenvalue weighted by molar-refractivity contribution is 1.59. The lowest BCUT2D eigenvalue weighted by atomic mass is 9.81. The van der Waals surface area contributed by atoms with Crippen LogP contribution in [0, 0.1) is 0 Å². The molecule has 0 radical (unpaired) electrons. The fourth-order valence-electron chi connectivity index (χ4n) is 20.5. The highest BCUT2D eigenvalue weighted by molar-refractivity contribution is 6.43. The summed E-state index contributed by atoms with van der Waals surface area (Å²) in [6, 6.07) is 149. The van der Waals surface area contributed by atoms with Gasteiger partial charge in [-0.05, 0) is 265 Å². The molecule has 25 rings (SSSR count). The van der Waals surface area contributed by atoms with Gasteiger partial charge < -0.3 is 0 Å². The number of hydrogen-bond donors (Lipinski definition) is 0. The van der Waals surface area contributed by atoms with Gasteiger partial charge in [0, 0.05) is 0 Å². The molecule has 0 N–H and O–H groups in total. The summed E-state index contributed by atoms with van der Waals surface area (Å²) in [7, 11) is 0. The van der Waals surface area contributed by atoms with E-state index in [-0.39, 0.29) is 0 Å². The summed E-state index contributed by atoms with van der Waals surface area (Å²) in [4.78, 5) is 0. The Labute approximate surface area is 648 Å². The van der Waals surface area contributed by atoms with Crippen LogP contribution in [0.2, 0.25) is 0 Å². The highest BCUT2D eigenvalue weighted by Crippen LogP contribution is 2.64. The quantitative estimate of drug-likeness (QED) is 0.105. The van der Waals surface area contributed by atoms with Crippen molar-refractivity contribution in [1.29, 1.82) is 0 Å². The third kappa shape index (κ3) is 8.95. The van der Waals surface area contributed by atoms with Crippen molar-refractivity contribution in [2.24, 2.45) is 0 Å². The first-order valence-corrected chi connectivity index (χ1v) is 39.1. The van der Waals surface area contributed by atoms with E-state index in [1.165, 1.54) is 253 Å². The Hall–Kier alpha value is -14.6. The lowest BCUT2D eigenvalue weighted by Crippen LogP contribution is -1.95. The minimum atomic E-state index is 1.22. The third-order valence-corrected chi connectivity index (χ3v) is 24.9. The Morgan fingerprint density at radius 1 is 0.0982 bits per heavy atom. The van der Waals surface area contributed by atoms with E-state index in [1.54, 1.807) is 0 Å². The van der Waals surface area contributed by atoms with Crippen LogP contribution < -0.4 is 0 Å². The molecule has 0 unspecified atom stereocenters. The van der Waals surface area contributed by atoms with Crippen molar-refractivity contribution in [2.75, 3.05) is 0 Å². The minimum absolute atomic E-state index is 1.22. The summed E-state index contributed by atoms with van der Waals surface area (Å²) < 4.78 is 0. The molecule has 3 aliphatic carbocycles. The molecule has 0 saturated heterocycles. The second kappa shape index (κ2) is 24.5. The van der Waals surface area contributed by atoms with Gasteiger partial charge in [-0.3, -0.25) is 0 Å². The van der Waals surface area contributed by atoms with Crippen LogP contribution in [0.3, 0.4) is 0 Å². The highest BCUT2D eigenvalue weighted by atomic mass is 14.4. The Balaban J connectivity index is 0.000000169. The first-order valence-electron chi connectivity index (χ1n) is 39.1. The predicted molar refractivity (Wildman–Crippen MR) is 478 cm³/mol. The molecule has 514 valence electrons. The lowest BCUT2D eigenvalue weighted by Gasteiger charge is -2.22. The maximum absolute atomic E-state index is 2.47. The van der Waals surface area contributed by atoms with Gasteiger partial charge in [-0.15, -0.1) is 0 Å². The van der Waals surface area contributed by atoms with E-state index in [0.29, 0.717) is 0 Å². The SMILES string of the molecule is c1ccc(-c2c3ccccc3c(-c3ccccc3)c3cc4c(cc23)-c2cccc3cccc-4c23)cc1.c1ccc(-c2ccccc2-c2c3c(c(-c4ccccc4)c4ccccc24)-c2ccc4c5ccc6c7c(ccc(c8ccc-3c2c48)c75)-c2c-6c(-c3ccccc3)c3ccccc3c2-c2ccccc2-c2ccccc2)cc1. The Bertz CT molecular complexity index is 7250. The summed E-state index contributed by atoms with van der Waals surface area (Å²) in [6.07, 6.45) is 0. The molecule has 112 heavy (non-hydrogen) atoms. The first-order chi connectivity index (χ1) is 55.7. The van der Waals surface area contributed by atoms with Gasteiger partial charge in [0.1, 0.15) is 0 Å². The van der Waals surface area contributed by atoms with Gasteiger partial charge in [0.2, 0.25) is 0 Å². The van der Waals surface area contributed by atoms with Crippen LogP contribution in [0.25, 0.3) is 253 Å². The van der Waals surface area contributed by atoms with E-state index in [1.807, 2.05) is 0 Å². The molecule has 0 spiro atoms. The van der Waals surface area contributed by atoms with Crippen molar-refractivity contribution in [3.63, 3.8) is 0 Å². The number of benzene rings is 22. The van der Waals surface area contributed by atoms with Crippen LogP contribution in [-0.2, 0) is 0 Å². The maximum Gasteiger partial charge on any atom is -0.000718 e. The zero-order valence-corrected chi connectivity index (χ0v) is 61.1. The first kappa shape index (κ1) is 62.5. The van der Waals surface area contributed by atoms with Crippen molar-refractivity contribution in [3.05, 3.63) is 400 Å². The van der Waals surface area contributed by atoms with Crippen LogP contribution in [0.4, 0.5) is 0 Å². The average Bonchev–Trinajstić information content (AvgIpc) is 1.50. The van der Waals surface area contributed by atoms with E-state index in [9.17, 15) is 0 Å². The zero-order chi connectivity index (χ0) is 73.2. The van der Waals surface area contributed by atoms with Crippen LogP contribution in [0.1, 0.15) is 0 Å². The fourth-order valence-corrected chi connectivity index (χ4v) is 20.5. The van der Waals surface area contributed by atoms with Crippen molar-refractivity contribution in [1.82, 2.24) is 0 Å². The zero-order valence-electron chi connectivity index (χ0n) is 61.1. The Morgan fingerprint density at radius 2 is 0.348 bits per heavy atom. The third-order valence-electron chi connectivity index (χ3n) is 24.9. The van der Waals surface area contributed by atoms with Crippen molar-refractivity contribution < 1.29 is 0 Å². The molecule has 0 aromatic heterocycles. The van der Waals surface area contributed by atoms with E-state index in [0.717, 1.165) is 0 Å². The van der Waals surface area contributed by atoms with Gasteiger partial charge in [-0.1, -0.05) is 388 Å². The Morgan fingerprint density at radius 3 is 0.679 bits per heavy atom. The summed E-state index contributed by atoms with van der Waals surface area (Å²) in [6.45, 7) is 0. The molecular weight excluding hydrogens is 1350 g/mol. The van der Waals surface area contributed by atoms with Gasteiger partial charge in [0.15, 0.2) is 0 Å². The molecule has 0 atom stereocenters. The normalized spacial score (nSPS) is 12.1. The average molecular weight is 1410 g/mol. The second-order valence-corrected chi connectivity index (χ2v) is 30.5. The molecule has 0 bridgehead atoms. The van der Waals surface area contributed by atoms with Crippen LogP contribution >= 0.6 is 0 Å². The molecule has 0 heterocycles. The number of fused-ring (bicyclic) bond motifs is 15. The van der Waals surface area contributed by atoms with Crippen LogP contribution in [0.15, 0.2) is 400 Å². The molecule has 0 nitrogen and oxygen atoms in total. The van der Waals surface area contributed by atoms with Gasteiger partial charge in [-0.25, -0.2) is 0 Å². The smallest absolute Gasteiger partial charge is 0.000718 e. The van der Waals surface area contributed by atoms with Crippen molar-refractivity contribution in [3.8, 4) is 156 Å². The van der Waals surface area contributed by atoms with Crippen molar-refractivity contribution in [2.45, 2.75) is 0 Å². The molecule has 0 saturated carbocycles. The molecule has 0 heteroatoms. The van der Waals surface area contributed by atoms with E-state index in [2.05, 4.69) is 400 Å². The Kier molecular flexibility index (Phi) is 13.7. The van der Waals surface area contributed by atoms with E-state index >= 15 is 0 Å². The van der Waals surface area contributed by atoms with Gasteiger partial charge in [0.05, 0.1) is 0 Å². The summed E-state index contributed by atoms with van der Waals surface area (Å²) in [5, 5.41) is 23.5. The predicted octanol–water partition coefficient (Wildman–Crippen LogP) is 31.5. The van der Waals surface area contributed by atoms with Gasteiger partial charge >= 0.3 is 0 Å². The minimum Gasteiger partial charge on any atom is -0.0622 e. The molecule has 22 aromatic carbocycles. The molecule has 0 amide bonds. The van der Waals surface area contributed by atoms with E-state index < -0.39 is 0 Å². The fraction of sp³-hybridized carbons (Fsp3) is 0. The topological polar surface area (TPSA) is 0 Å². The summed E-state index contributed by atoms with van der Waals surface area (Å²) in [5.41, 5.74) is 36.0. The standard InChI is InChI=1S/C76H44.C36H22/c1-5-21-45(22-6-1)49-29-13-15-31-51(49)69-55-35-19-17-33-53(55)65(47-25-9-3-10-26-47)73-61-41-37-57-58-38-42-62-72-64(44-40-60(68(58)72)59-39-43-63(75(69)73)71(61)67(57)59)76-70(52-32-16-14-30-50(52)46-23-7-2-8-24-46)56-36-20-18-34-54(56)66(74(62)76)48-27-11-4-12-28-48;1-3-11-23(12-4-1)35-26-17-7-8-18-27(26)36(24-13-5-2-6-14-24)33-22-31-29-20-10-16-25-15-9-19-28(34(25)29)30(31)21-32(33)35/h1-44H;1-22H. The maximum atomic E-state index is 2.47. The second-order valence-electron chi connectivity index (χ2n) is 30.5. The van der Waals surface area contributed by atoms with Crippen molar-refractivity contribution >= 4 is 97.0 Å². The number of rotatable bonds is 8. The van der Waals surface area contributed by atoms with E-state index in [4.69, 9.17) is 0 Å². The summed E-state index contributed by atoms with van der Waals surface area (Å²) in [5.74, 6) is 0. The molecule has 3 aliphatic rings. The van der Waals surface area contributed by atoms with Crippen LogP contribution in [-0.4, -0.2) is 0 Å². The monoisotopic (exact) mass is 1410 g/mol. The van der Waals surface area contributed by atoms with Gasteiger partial charge in [-0.2, -0.15) is 0 Å². The summed E-state index contributed by atoms with van der Waals surface area (Å²) >= 11 is 0. The molecule has 22 aromatic rings.